The van der Waals surface area contributed by atoms with Crippen LogP contribution in [0.4, 0.5) is 11.4 Å². The van der Waals surface area contributed by atoms with Crippen molar-refractivity contribution in [2.75, 3.05) is 16.8 Å². The van der Waals surface area contributed by atoms with Gasteiger partial charge in [0, 0.05) is 39.1 Å². The predicted octanol–water partition coefficient (Wildman–Crippen LogP) is 2.45. The van der Waals surface area contributed by atoms with Crippen molar-refractivity contribution < 1.29 is 9.00 Å². The molecule has 0 saturated carbocycles. The van der Waals surface area contributed by atoms with E-state index in [2.05, 4.69) is 5.32 Å². The summed E-state index contributed by atoms with van der Waals surface area (Å²) in [5, 5.41) is 2.80. The zero-order chi connectivity index (χ0) is 14.6. The van der Waals surface area contributed by atoms with Gasteiger partial charge in [-0.3, -0.25) is 9.00 Å². The molecule has 0 aromatic heterocycles. The number of carbonyl (C=O) groups excluding carboxylic acids is 1. The highest BCUT2D eigenvalue weighted by molar-refractivity contribution is 7.86. The molecule has 1 aromatic carbocycles. The fraction of sp³-hybridized carbons (Fsp3) is 0.500. The number of carbonyl (C=O) groups is 1. The summed E-state index contributed by atoms with van der Waals surface area (Å²) in [7, 11) is -1.01. The summed E-state index contributed by atoms with van der Waals surface area (Å²) in [6.07, 6.45) is 0.248. The van der Waals surface area contributed by atoms with Crippen molar-refractivity contribution in [3.8, 4) is 0 Å². The summed E-state index contributed by atoms with van der Waals surface area (Å²) in [4.78, 5) is 11.8. The number of nitrogens with two attached hydrogens (primary N) is 1. The van der Waals surface area contributed by atoms with E-state index in [0.717, 1.165) is 5.56 Å². The molecule has 0 aliphatic carbocycles. The number of benzene rings is 1. The second-order valence-corrected chi connectivity index (χ2v) is 7.86. The van der Waals surface area contributed by atoms with Gasteiger partial charge in [-0.2, -0.15) is 0 Å². The normalized spacial score (nSPS) is 13.1. The van der Waals surface area contributed by atoms with E-state index in [1.54, 1.807) is 12.1 Å². The van der Waals surface area contributed by atoms with Crippen LogP contribution in [0.2, 0.25) is 0 Å². The van der Waals surface area contributed by atoms with Crippen LogP contribution in [0.5, 0.6) is 0 Å². The van der Waals surface area contributed by atoms with E-state index < -0.39 is 10.8 Å². The molecule has 0 bridgehead atoms. The third-order valence-electron chi connectivity index (χ3n) is 2.73. The zero-order valence-corrected chi connectivity index (χ0v) is 12.8. The average molecular weight is 282 g/mol. The van der Waals surface area contributed by atoms with Crippen molar-refractivity contribution >= 4 is 28.1 Å². The lowest BCUT2D eigenvalue weighted by Crippen LogP contribution is -2.26. The molecule has 0 saturated heterocycles. The smallest absolute Gasteiger partial charge is 0.225 e. The Labute approximate surface area is 117 Å². The van der Waals surface area contributed by atoms with E-state index in [1.165, 1.54) is 0 Å². The Morgan fingerprint density at radius 1 is 1.37 bits per heavy atom. The van der Waals surface area contributed by atoms with Crippen molar-refractivity contribution in [3.05, 3.63) is 23.8 Å². The van der Waals surface area contributed by atoms with Gasteiger partial charge in [-0.15, -0.1) is 0 Å². The molecule has 0 aliphatic heterocycles. The molecule has 106 valence electrons. The number of aryl methyl sites for hydroxylation is 1. The molecule has 1 rings (SSSR count). The molecule has 19 heavy (non-hydrogen) atoms. The minimum Gasteiger partial charge on any atom is -0.399 e. The lowest BCUT2D eigenvalue weighted by Gasteiger charge is -2.17. The molecule has 1 unspecified atom stereocenters. The third-order valence-corrected chi connectivity index (χ3v) is 4.67. The average Bonchev–Trinajstić information content (AvgIpc) is 2.29. The maximum Gasteiger partial charge on any atom is 0.225 e. The van der Waals surface area contributed by atoms with Gasteiger partial charge in [0.05, 0.1) is 0 Å². The van der Waals surface area contributed by atoms with E-state index in [0.29, 0.717) is 17.1 Å². The quantitative estimate of drug-likeness (QED) is 0.833. The monoisotopic (exact) mass is 282 g/mol. The summed E-state index contributed by atoms with van der Waals surface area (Å²) in [6, 6.07) is 5.38. The topological polar surface area (TPSA) is 72.2 Å². The zero-order valence-electron chi connectivity index (χ0n) is 11.9. The van der Waals surface area contributed by atoms with Gasteiger partial charge in [0.25, 0.3) is 0 Å². The molecule has 1 amide bonds. The Morgan fingerprint density at radius 2 is 2.00 bits per heavy atom. The van der Waals surface area contributed by atoms with Gasteiger partial charge in [-0.1, -0.05) is 6.07 Å². The lowest BCUT2D eigenvalue weighted by molar-refractivity contribution is -0.115. The minimum absolute atomic E-state index is 0.133. The first-order chi connectivity index (χ1) is 8.70. The van der Waals surface area contributed by atoms with Gasteiger partial charge in [0.2, 0.25) is 5.91 Å². The van der Waals surface area contributed by atoms with Crippen LogP contribution in [0.25, 0.3) is 0 Å². The molecule has 4 nitrogen and oxygen atoms in total. The van der Waals surface area contributed by atoms with Crippen LogP contribution in [-0.4, -0.2) is 20.6 Å². The maximum absolute atomic E-state index is 11.9. The minimum atomic E-state index is -1.01. The largest absolute Gasteiger partial charge is 0.399 e. The van der Waals surface area contributed by atoms with Gasteiger partial charge in [0.1, 0.15) is 0 Å². The SMILES string of the molecule is Cc1ccc(N)cc1NC(=O)CCS(=O)C(C)(C)C. The van der Waals surface area contributed by atoms with Crippen LogP contribution in [0, 0.1) is 6.92 Å². The first-order valence-corrected chi connectivity index (χ1v) is 7.56. The van der Waals surface area contributed by atoms with Crippen LogP contribution < -0.4 is 11.1 Å². The van der Waals surface area contributed by atoms with E-state index in [9.17, 15) is 9.00 Å². The Balaban J connectivity index is 2.57. The molecule has 3 N–H and O–H groups in total. The van der Waals surface area contributed by atoms with Crippen LogP contribution in [-0.2, 0) is 15.6 Å². The molecule has 1 aromatic rings. The summed E-state index contributed by atoms with van der Waals surface area (Å²) < 4.78 is 11.6. The number of nitrogen functional groups attached to an aromatic ring is 1. The van der Waals surface area contributed by atoms with Gasteiger partial charge >= 0.3 is 0 Å². The highest BCUT2D eigenvalue weighted by Crippen LogP contribution is 2.18. The standard InChI is InChI=1S/C14H22N2O2S/c1-10-5-6-11(15)9-12(10)16-13(17)7-8-19(18)14(2,3)4/h5-6,9H,7-8,15H2,1-4H3,(H,16,17). The molecular weight excluding hydrogens is 260 g/mol. The number of hydrogen-bond donors (Lipinski definition) is 2. The highest BCUT2D eigenvalue weighted by atomic mass is 32.2. The van der Waals surface area contributed by atoms with E-state index >= 15 is 0 Å². The fourth-order valence-corrected chi connectivity index (χ4v) is 2.46. The van der Waals surface area contributed by atoms with Crippen molar-refractivity contribution in [1.82, 2.24) is 0 Å². The summed E-state index contributed by atoms with van der Waals surface area (Å²) in [5.41, 5.74) is 7.97. The second kappa shape index (κ2) is 6.19. The van der Waals surface area contributed by atoms with Crippen LogP contribution in [0.1, 0.15) is 32.8 Å². The van der Waals surface area contributed by atoms with Crippen LogP contribution in [0.15, 0.2) is 18.2 Å². The maximum atomic E-state index is 11.9. The van der Waals surface area contributed by atoms with Crippen LogP contribution >= 0.6 is 0 Å². The molecular formula is C14H22N2O2S. The first-order valence-electron chi connectivity index (χ1n) is 6.24. The van der Waals surface area contributed by atoms with E-state index in [1.807, 2.05) is 33.8 Å². The van der Waals surface area contributed by atoms with Crippen molar-refractivity contribution in [1.29, 1.82) is 0 Å². The van der Waals surface area contributed by atoms with Crippen molar-refractivity contribution in [2.24, 2.45) is 0 Å². The molecule has 5 heteroatoms. The number of anilines is 2. The first kappa shape index (κ1) is 15.7. The van der Waals surface area contributed by atoms with Crippen LogP contribution in [0.3, 0.4) is 0 Å². The molecule has 1 atom stereocenters. The number of nitrogens with one attached hydrogen (secondary N) is 1. The Bertz CT molecular complexity index is 493. The Morgan fingerprint density at radius 3 is 2.58 bits per heavy atom. The Kier molecular flexibility index (Phi) is 5.11. The molecule has 0 fully saturated rings. The number of rotatable bonds is 4. The lowest BCUT2D eigenvalue weighted by atomic mass is 10.2. The summed E-state index contributed by atoms with van der Waals surface area (Å²) in [5.74, 6) is 0.239. The third kappa shape index (κ3) is 5.03. The highest BCUT2D eigenvalue weighted by Gasteiger charge is 2.20. The van der Waals surface area contributed by atoms with Gasteiger partial charge in [-0.25, -0.2) is 0 Å². The predicted molar refractivity (Wildman–Crippen MR) is 81.6 cm³/mol. The Hall–Kier alpha value is -1.36. The van der Waals surface area contributed by atoms with Crippen molar-refractivity contribution in [3.63, 3.8) is 0 Å². The fourth-order valence-electron chi connectivity index (χ4n) is 1.48. The molecule has 0 aliphatic rings. The number of hydrogen-bond acceptors (Lipinski definition) is 3. The summed E-state index contributed by atoms with van der Waals surface area (Å²) in [6.45, 7) is 7.62. The van der Waals surface area contributed by atoms with E-state index in [4.69, 9.17) is 5.73 Å². The molecule has 0 heterocycles. The van der Waals surface area contributed by atoms with Gasteiger partial charge < -0.3 is 11.1 Å². The van der Waals surface area contributed by atoms with E-state index in [-0.39, 0.29) is 17.1 Å². The number of amides is 1. The molecule has 0 spiro atoms. The molecule has 0 radical (unpaired) electrons. The van der Waals surface area contributed by atoms with Crippen molar-refractivity contribution in [2.45, 2.75) is 38.9 Å². The second-order valence-electron chi connectivity index (χ2n) is 5.53. The van der Waals surface area contributed by atoms with Gasteiger partial charge in [0.15, 0.2) is 0 Å². The summed E-state index contributed by atoms with van der Waals surface area (Å²) >= 11 is 0. The van der Waals surface area contributed by atoms with Gasteiger partial charge in [-0.05, 0) is 45.4 Å².